The molecule has 0 bridgehead atoms. The Morgan fingerprint density at radius 3 is 2.33 bits per heavy atom. The monoisotopic (exact) mass is 602 g/mol. The van der Waals surface area contributed by atoms with Crippen LogP contribution in [0, 0.1) is 6.92 Å². The van der Waals surface area contributed by atoms with Crippen LogP contribution in [0.3, 0.4) is 0 Å². The summed E-state index contributed by atoms with van der Waals surface area (Å²) < 4.78 is 2.06. The summed E-state index contributed by atoms with van der Waals surface area (Å²) in [6.45, 7) is 2.62. The van der Waals surface area contributed by atoms with E-state index in [4.69, 9.17) is 0 Å². The van der Waals surface area contributed by atoms with E-state index in [1.807, 2.05) is 41.8 Å². The highest BCUT2D eigenvalue weighted by Crippen LogP contribution is 2.31. The van der Waals surface area contributed by atoms with Crippen molar-refractivity contribution in [1.29, 1.82) is 0 Å². The Morgan fingerprint density at radius 2 is 1.63 bits per heavy atom. The number of hydrogen-bond acceptors (Lipinski definition) is 7. The van der Waals surface area contributed by atoms with E-state index in [-0.39, 0.29) is 11.8 Å². The molecule has 43 heavy (non-hydrogen) atoms. The molecule has 0 spiro atoms. The molecular weight excluding hydrogens is 573 g/mol. The molecule has 0 aliphatic heterocycles. The molecule has 0 atom stereocenters. The number of nitrogens with zero attached hydrogens (tertiary/aromatic N) is 5. The van der Waals surface area contributed by atoms with Gasteiger partial charge in [-0.05, 0) is 48.2 Å². The van der Waals surface area contributed by atoms with Gasteiger partial charge in [0, 0.05) is 35.8 Å². The summed E-state index contributed by atoms with van der Waals surface area (Å²) in [5, 5.41) is 15.5. The summed E-state index contributed by atoms with van der Waals surface area (Å²) >= 11 is 3.02. The number of thiazole rings is 1. The van der Waals surface area contributed by atoms with Gasteiger partial charge in [-0.2, -0.15) is 0 Å². The molecule has 0 aliphatic carbocycles. The highest BCUT2D eigenvalue weighted by Gasteiger charge is 2.19. The molecule has 1 N–H and O–H groups in total. The van der Waals surface area contributed by atoms with E-state index in [9.17, 15) is 4.79 Å². The second-order valence-electron chi connectivity index (χ2n) is 10.0. The van der Waals surface area contributed by atoms with Crippen molar-refractivity contribution in [3.05, 3.63) is 142 Å². The molecule has 0 radical (unpaired) electrons. The minimum absolute atomic E-state index is 0.158. The number of aromatic nitrogens is 5. The molecule has 0 fully saturated rings. The molecule has 0 saturated heterocycles. The third-order valence-corrected chi connectivity index (χ3v) is 9.11. The third kappa shape index (κ3) is 6.74. The second kappa shape index (κ2) is 13.6. The van der Waals surface area contributed by atoms with Gasteiger partial charge in [-0.15, -0.1) is 21.5 Å². The molecule has 7 nitrogen and oxygen atoms in total. The molecular formula is C34H30N6OS2. The smallest absolute Gasteiger partial charge is 0.270 e. The lowest BCUT2D eigenvalue weighted by atomic mass is 9.88. The van der Waals surface area contributed by atoms with Crippen LogP contribution in [-0.4, -0.2) is 37.2 Å². The van der Waals surface area contributed by atoms with Crippen molar-refractivity contribution in [2.24, 2.45) is 0 Å². The summed E-state index contributed by atoms with van der Waals surface area (Å²) in [7, 11) is 0. The molecule has 0 aliphatic rings. The van der Waals surface area contributed by atoms with Gasteiger partial charge in [-0.25, -0.2) is 4.98 Å². The molecule has 3 aromatic carbocycles. The van der Waals surface area contributed by atoms with E-state index in [1.165, 1.54) is 22.5 Å². The number of rotatable bonds is 11. The summed E-state index contributed by atoms with van der Waals surface area (Å²) in [5.74, 6) is 1.34. The molecule has 3 heterocycles. The van der Waals surface area contributed by atoms with Gasteiger partial charge in [-0.1, -0.05) is 90.6 Å². The van der Waals surface area contributed by atoms with Crippen molar-refractivity contribution in [3.63, 3.8) is 0 Å². The highest BCUT2D eigenvalue weighted by atomic mass is 32.2. The van der Waals surface area contributed by atoms with Crippen LogP contribution in [0.1, 0.15) is 44.5 Å². The number of hydrogen-bond donors (Lipinski definition) is 1. The van der Waals surface area contributed by atoms with Crippen LogP contribution >= 0.6 is 23.1 Å². The average molecular weight is 603 g/mol. The first-order chi connectivity index (χ1) is 21.2. The maximum Gasteiger partial charge on any atom is 0.270 e. The Morgan fingerprint density at radius 1 is 0.907 bits per heavy atom. The lowest BCUT2D eigenvalue weighted by molar-refractivity contribution is 0.0948. The zero-order valence-electron chi connectivity index (χ0n) is 23.6. The van der Waals surface area contributed by atoms with Gasteiger partial charge in [0.25, 0.3) is 5.91 Å². The number of pyridine rings is 1. The van der Waals surface area contributed by atoms with Gasteiger partial charge in [0.1, 0.15) is 10.7 Å². The Bertz CT molecular complexity index is 1750. The van der Waals surface area contributed by atoms with Crippen molar-refractivity contribution in [2.75, 3.05) is 6.54 Å². The number of para-hydroxylation sites is 1. The van der Waals surface area contributed by atoms with Crippen molar-refractivity contribution < 1.29 is 4.79 Å². The van der Waals surface area contributed by atoms with Crippen LogP contribution in [0.15, 0.2) is 120 Å². The van der Waals surface area contributed by atoms with Crippen LogP contribution < -0.4 is 5.32 Å². The van der Waals surface area contributed by atoms with Crippen molar-refractivity contribution in [1.82, 2.24) is 30.0 Å². The van der Waals surface area contributed by atoms with E-state index >= 15 is 0 Å². The van der Waals surface area contributed by atoms with Crippen molar-refractivity contribution in [3.8, 4) is 17.1 Å². The quantitative estimate of drug-likeness (QED) is 0.156. The lowest BCUT2D eigenvalue weighted by Crippen LogP contribution is -2.26. The summed E-state index contributed by atoms with van der Waals surface area (Å²) in [6.07, 6.45) is 4.33. The van der Waals surface area contributed by atoms with Crippen LogP contribution in [0.4, 0.5) is 0 Å². The lowest BCUT2D eigenvalue weighted by Gasteiger charge is -2.18. The standard InChI is InChI=1S/C34H30N6OS2/c1-24-11-8-9-17-30(24)40-32(27-16-10-19-35-21-27)38-39-34(40)43-23-31-37-29(22-42-31)33(41)36-20-18-28(25-12-4-2-5-13-25)26-14-6-3-7-15-26/h2-17,19,21-22,28H,18,20,23H2,1H3,(H,36,41). The number of amides is 1. The van der Waals surface area contributed by atoms with Crippen molar-refractivity contribution >= 4 is 29.0 Å². The summed E-state index contributed by atoms with van der Waals surface area (Å²) in [4.78, 5) is 21.9. The Kier molecular flexibility index (Phi) is 9.01. The van der Waals surface area contributed by atoms with E-state index in [2.05, 4.69) is 97.6 Å². The molecule has 6 aromatic rings. The third-order valence-electron chi connectivity index (χ3n) is 7.14. The van der Waals surface area contributed by atoms with E-state index in [0.29, 0.717) is 18.0 Å². The zero-order valence-corrected chi connectivity index (χ0v) is 25.3. The van der Waals surface area contributed by atoms with E-state index in [0.717, 1.165) is 39.2 Å². The molecule has 1 amide bonds. The Labute approximate surface area is 259 Å². The number of nitrogens with one attached hydrogen (secondary N) is 1. The zero-order chi connectivity index (χ0) is 29.4. The first kappa shape index (κ1) is 28.5. The van der Waals surface area contributed by atoms with Gasteiger partial charge < -0.3 is 5.32 Å². The fourth-order valence-electron chi connectivity index (χ4n) is 5.00. The van der Waals surface area contributed by atoms with Gasteiger partial charge in [0.15, 0.2) is 11.0 Å². The van der Waals surface area contributed by atoms with Crippen LogP contribution in [0.25, 0.3) is 17.1 Å². The fraction of sp³-hybridized carbons (Fsp3) is 0.147. The van der Waals surface area contributed by atoms with Crippen LogP contribution in [-0.2, 0) is 5.75 Å². The van der Waals surface area contributed by atoms with E-state index < -0.39 is 0 Å². The predicted molar refractivity (Wildman–Crippen MR) is 173 cm³/mol. The first-order valence-electron chi connectivity index (χ1n) is 14.0. The first-order valence-corrected chi connectivity index (χ1v) is 15.9. The second-order valence-corrected chi connectivity index (χ2v) is 11.9. The van der Waals surface area contributed by atoms with Gasteiger partial charge in [0.2, 0.25) is 0 Å². The van der Waals surface area contributed by atoms with Gasteiger partial charge in [0.05, 0.1) is 11.4 Å². The maximum absolute atomic E-state index is 13.0. The number of thioether (sulfide) groups is 1. The molecule has 0 unspecified atom stereocenters. The number of carbonyl (C=O) groups is 1. The van der Waals surface area contributed by atoms with Crippen LogP contribution in [0.5, 0.6) is 0 Å². The minimum Gasteiger partial charge on any atom is -0.351 e. The SMILES string of the molecule is Cc1ccccc1-n1c(SCc2nc(C(=O)NCCC(c3ccccc3)c3ccccc3)cs2)nnc1-c1cccnc1. The van der Waals surface area contributed by atoms with Gasteiger partial charge in [-0.3, -0.25) is 14.3 Å². The summed E-state index contributed by atoms with van der Waals surface area (Å²) in [5.41, 5.74) is 5.93. The number of benzene rings is 3. The topological polar surface area (TPSA) is 85.6 Å². The minimum atomic E-state index is -0.158. The molecule has 214 valence electrons. The number of carbonyl (C=O) groups excluding carboxylic acids is 1. The summed E-state index contributed by atoms with van der Waals surface area (Å²) in [6, 6.07) is 32.9. The van der Waals surface area contributed by atoms with Gasteiger partial charge >= 0.3 is 0 Å². The fourth-order valence-corrected chi connectivity index (χ4v) is 6.74. The predicted octanol–water partition coefficient (Wildman–Crippen LogP) is 7.34. The maximum atomic E-state index is 13.0. The van der Waals surface area contributed by atoms with Crippen molar-refractivity contribution in [2.45, 2.75) is 30.2 Å². The largest absolute Gasteiger partial charge is 0.351 e. The molecule has 6 rings (SSSR count). The molecule has 9 heteroatoms. The molecule has 3 aromatic heterocycles. The highest BCUT2D eigenvalue weighted by molar-refractivity contribution is 7.98. The van der Waals surface area contributed by atoms with E-state index in [1.54, 1.807) is 24.2 Å². The molecule has 0 saturated carbocycles. The number of aryl methyl sites for hydroxylation is 1. The average Bonchev–Trinajstić information content (AvgIpc) is 3.71. The normalized spacial score (nSPS) is 11.1. The van der Waals surface area contributed by atoms with Crippen LogP contribution in [0.2, 0.25) is 0 Å². The Balaban J connectivity index is 1.12. The Hall–Kier alpha value is -4.60.